The Hall–Kier alpha value is -4.61. The number of pyridine rings is 2. The van der Waals surface area contributed by atoms with Gasteiger partial charge in [-0.15, -0.1) is 0 Å². The van der Waals surface area contributed by atoms with Gasteiger partial charge in [-0.25, -0.2) is 14.2 Å². The Labute approximate surface area is 213 Å². The molecule has 1 saturated carbocycles. The van der Waals surface area contributed by atoms with Gasteiger partial charge in [-0.1, -0.05) is 23.4 Å². The Morgan fingerprint density at radius 2 is 1.92 bits per heavy atom. The first-order valence-electron chi connectivity index (χ1n) is 12.2. The minimum atomic E-state index is -1.38. The number of aromatic carboxylic acids is 1. The first kappa shape index (κ1) is 22.6. The molecule has 2 amide bonds. The zero-order valence-electron chi connectivity index (χ0n) is 19.8. The second-order valence-electron chi connectivity index (χ2n) is 9.97. The van der Waals surface area contributed by atoms with Crippen molar-refractivity contribution in [2.45, 2.75) is 31.5 Å². The standard InChI is InChI=1S/C26H20FN5O6/c27-18-7-15-21(33)17(26(36)37)10-31(13-5-6-13)22(15)28-23(18)30-9-16-19(11-30)38-29-20(16)25(35)32-8-12-3-1-2-4-14(12)24(32)34/h1-4,7,10,13,16,19H,5-6,8-9,11H2,(H,36,37). The molecule has 0 spiro atoms. The van der Waals surface area contributed by atoms with Crippen LogP contribution in [0.5, 0.6) is 0 Å². The van der Waals surface area contributed by atoms with E-state index in [9.17, 15) is 24.3 Å². The Kier molecular flexibility index (Phi) is 4.72. The highest BCUT2D eigenvalue weighted by Gasteiger charge is 2.48. The number of imide groups is 1. The highest BCUT2D eigenvalue weighted by atomic mass is 19.1. The quantitative estimate of drug-likeness (QED) is 0.519. The molecule has 1 aliphatic carbocycles. The third kappa shape index (κ3) is 3.25. The Balaban J connectivity index is 1.19. The summed E-state index contributed by atoms with van der Waals surface area (Å²) in [6, 6.07) is 8.02. The van der Waals surface area contributed by atoms with Crippen LogP contribution in [0.4, 0.5) is 10.2 Å². The molecule has 4 aliphatic rings. The van der Waals surface area contributed by atoms with Crippen molar-refractivity contribution in [2.75, 3.05) is 18.0 Å². The van der Waals surface area contributed by atoms with E-state index in [1.165, 1.54) is 6.20 Å². The van der Waals surface area contributed by atoms with Crippen LogP contribution in [0.15, 0.2) is 46.5 Å². The number of oxime groups is 1. The predicted molar refractivity (Wildman–Crippen MR) is 131 cm³/mol. The summed E-state index contributed by atoms with van der Waals surface area (Å²) in [5, 5.41) is 13.3. The van der Waals surface area contributed by atoms with Crippen LogP contribution in [0, 0.1) is 11.7 Å². The van der Waals surface area contributed by atoms with E-state index in [1.54, 1.807) is 33.7 Å². The van der Waals surface area contributed by atoms with Gasteiger partial charge in [0.05, 0.1) is 24.4 Å². The minimum Gasteiger partial charge on any atom is -0.477 e. The number of anilines is 1. The Bertz CT molecular complexity index is 1680. The topological polar surface area (TPSA) is 134 Å². The van der Waals surface area contributed by atoms with Gasteiger partial charge in [-0.05, 0) is 30.5 Å². The van der Waals surface area contributed by atoms with Crippen LogP contribution in [-0.2, 0) is 16.2 Å². The first-order chi connectivity index (χ1) is 18.3. The summed E-state index contributed by atoms with van der Waals surface area (Å²) in [5.41, 5.74) is 0.314. The molecule has 1 aromatic carbocycles. The third-order valence-electron chi connectivity index (χ3n) is 7.60. The largest absolute Gasteiger partial charge is 0.477 e. The van der Waals surface area contributed by atoms with Crippen LogP contribution in [0.25, 0.3) is 11.0 Å². The average molecular weight is 517 g/mol. The van der Waals surface area contributed by atoms with Crippen molar-refractivity contribution in [3.63, 3.8) is 0 Å². The van der Waals surface area contributed by atoms with Crippen molar-refractivity contribution in [2.24, 2.45) is 11.1 Å². The summed E-state index contributed by atoms with van der Waals surface area (Å²) in [5.74, 6) is -3.63. The number of carboxylic acid groups (broad SMARTS) is 1. The maximum absolute atomic E-state index is 15.3. The van der Waals surface area contributed by atoms with Crippen LogP contribution < -0.4 is 10.3 Å². The van der Waals surface area contributed by atoms with E-state index < -0.39 is 46.6 Å². The maximum Gasteiger partial charge on any atom is 0.341 e. The number of carbonyl (C=O) groups is 3. The molecule has 2 fully saturated rings. The fourth-order valence-electron chi connectivity index (χ4n) is 5.51. The summed E-state index contributed by atoms with van der Waals surface area (Å²) in [6.07, 6.45) is 2.34. The zero-order valence-corrected chi connectivity index (χ0v) is 19.8. The maximum atomic E-state index is 15.3. The molecule has 1 saturated heterocycles. The molecule has 2 atom stereocenters. The molecule has 3 aromatic rings. The Morgan fingerprint density at radius 3 is 2.66 bits per heavy atom. The Morgan fingerprint density at radius 1 is 1.13 bits per heavy atom. The monoisotopic (exact) mass is 517 g/mol. The van der Waals surface area contributed by atoms with Crippen LogP contribution in [0.2, 0.25) is 0 Å². The van der Waals surface area contributed by atoms with Crippen molar-refractivity contribution >= 4 is 40.3 Å². The zero-order chi connectivity index (χ0) is 26.3. The van der Waals surface area contributed by atoms with Crippen LogP contribution in [0.3, 0.4) is 0 Å². The normalized spacial score (nSPS) is 21.9. The van der Waals surface area contributed by atoms with Gasteiger partial charge in [0, 0.05) is 24.3 Å². The molecule has 38 heavy (non-hydrogen) atoms. The number of carboxylic acids is 1. The van der Waals surface area contributed by atoms with Crippen LogP contribution in [0.1, 0.15) is 45.2 Å². The van der Waals surface area contributed by atoms with Gasteiger partial charge in [-0.3, -0.25) is 19.3 Å². The lowest BCUT2D eigenvalue weighted by molar-refractivity contribution is -0.122. The summed E-state index contributed by atoms with van der Waals surface area (Å²) in [4.78, 5) is 63.2. The summed E-state index contributed by atoms with van der Waals surface area (Å²) >= 11 is 0. The molecular weight excluding hydrogens is 497 g/mol. The summed E-state index contributed by atoms with van der Waals surface area (Å²) in [6.45, 7) is 0.502. The molecular formula is C26H20FN5O6. The summed E-state index contributed by atoms with van der Waals surface area (Å²) in [7, 11) is 0. The highest BCUT2D eigenvalue weighted by molar-refractivity contribution is 6.43. The fraction of sp³-hybridized carbons (Fsp3) is 0.308. The number of hydrogen-bond donors (Lipinski definition) is 1. The number of nitrogens with zero attached hydrogens (tertiary/aromatic N) is 5. The van der Waals surface area contributed by atoms with E-state index in [0.29, 0.717) is 5.56 Å². The minimum absolute atomic E-state index is 0.0122. The van der Waals surface area contributed by atoms with Crippen molar-refractivity contribution in [3.8, 4) is 0 Å². The molecule has 0 radical (unpaired) electrons. The van der Waals surface area contributed by atoms with Gasteiger partial charge in [0.25, 0.3) is 11.8 Å². The van der Waals surface area contributed by atoms with Crippen molar-refractivity contribution in [1.82, 2.24) is 14.5 Å². The number of halogens is 1. The molecule has 2 unspecified atom stereocenters. The van der Waals surface area contributed by atoms with Gasteiger partial charge in [0.2, 0.25) is 5.43 Å². The molecule has 1 N–H and O–H groups in total. The number of amides is 2. The van der Waals surface area contributed by atoms with Gasteiger partial charge >= 0.3 is 5.97 Å². The molecule has 7 rings (SSSR count). The molecule has 3 aliphatic heterocycles. The second kappa shape index (κ2) is 7.94. The van der Waals surface area contributed by atoms with Crippen LogP contribution >= 0.6 is 0 Å². The number of hydrogen-bond acceptors (Lipinski definition) is 8. The van der Waals surface area contributed by atoms with Crippen molar-refractivity contribution in [1.29, 1.82) is 0 Å². The first-order valence-corrected chi connectivity index (χ1v) is 12.2. The van der Waals surface area contributed by atoms with E-state index >= 15 is 4.39 Å². The second-order valence-corrected chi connectivity index (χ2v) is 9.97. The van der Waals surface area contributed by atoms with Gasteiger partial charge in [-0.2, -0.15) is 0 Å². The molecule has 11 nitrogen and oxygen atoms in total. The van der Waals surface area contributed by atoms with E-state index in [-0.39, 0.29) is 48.2 Å². The van der Waals surface area contributed by atoms with E-state index in [2.05, 4.69) is 10.1 Å². The number of rotatable bonds is 4. The van der Waals surface area contributed by atoms with Crippen LogP contribution in [-0.4, -0.2) is 62.2 Å². The fourth-order valence-corrected chi connectivity index (χ4v) is 5.51. The number of fused-ring (bicyclic) bond motifs is 3. The molecule has 12 heteroatoms. The van der Waals surface area contributed by atoms with E-state index in [4.69, 9.17) is 4.84 Å². The smallest absolute Gasteiger partial charge is 0.341 e. The van der Waals surface area contributed by atoms with Gasteiger partial charge < -0.3 is 19.4 Å². The van der Waals surface area contributed by atoms with Crippen molar-refractivity contribution in [3.05, 3.63) is 69.3 Å². The lowest BCUT2D eigenvalue weighted by Gasteiger charge is -2.20. The lowest BCUT2D eigenvalue weighted by Crippen LogP contribution is -2.40. The molecule has 0 bridgehead atoms. The number of benzene rings is 1. The molecule has 192 valence electrons. The number of carbonyl (C=O) groups excluding carboxylic acids is 2. The van der Waals surface area contributed by atoms with Crippen molar-refractivity contribution < 1.29 is 28.7 Å². The predicted octanol–water partition coefficient (Wildman–Crippen LogP) is 1.94. The summed E-state index contributed by atoms with van der Waals surface area (Å²) < 4.78 is 17.0. The van der Waals surface area contributed by atoms with E-state index in [1.807, 2.05) is 0 Å². The lowest BCUT2D eigenvalue weighted by atomic mass is 10.00. The van der Waals surface area contributed by atoms with Gasteiger partial charge in [0.1, 0.15) is 11.2 Å². The molecule has 2 aromatic heterocycles. The molecule has 5 heterocycles. The van der Waals surface area contributed by atoms with Gasteiger partial charge in [0.15, 0.2) is 23.5 Å². The SMILES string of the molecule is O=C(O)c1cn(C2CC2)c2nc(N3CC4ON=C(C(=O)N5Cc6ccccc6C5=O)C4C3)c(F)cc2c1=O. The van der Waals surface area contributed by atoms with E-state index in [0.717, 1.165) is 29.4 Å². The highest BCUT2D eigenvalue weighted by Crippen LogP contribution is 2.38. The number of aromatic nitrogens is 2. The third-order valence-corrected chi connectivity index (χ3v) is 7.60. The average Bonchev–Trinajstić information content (AvgIpc) is 3.40.